The molecule has 9 heteroatoms. The minimum atomic E-state index is -0.968. The van der Waals surface area contributed by atoms with E-state index in [9.17, 15) is 19.2 Å². The van der Waals surface area contributed by atoms with Crippen LogP contribution in [0.2, 0.25) is 0 Å². The van der Waals surface area contributed by atoms with Crippen molar-refractivity contribution in [3.05, 3.63) is 61.9 Å². The number of aromatic carboxylic acids is 1. The Morgan fingerprint density at radius 1 is 1.04 bits per heavy atom. The van der Waals surface area contributed by atoms with E-state index in [1.54, 1.807) is 36.1 Å². The van der Waals surface area contributed by atoms with Gasteiger partial charge in [0.1, 0.15) is 0 Å². The van der Waals surface area contributed by atoms with Crippen molar-refractivity contribution in [3.63, 3.8) is 0 Å². The molecule has 1 aliphatic heterocycles. The Morgan fingerprint density at radius 2 is 1.67 bits per heavy atom. The maximum Gasteiger partial charge on any atom is 0.335 e. The zero-order valence-electron chi connectivity index (χ0n) is 14.8. The van der Waals surface area contributed by atoms with Crippen molar-refractivity contribution in [2.75, 3.05) is 31.1 Å². The fourth-order valence-corrected chi connectivity index (χ4v) is 3.13. The third-order valence-electron chi connectivity index (χ3n) is 4.69. The first-order valence-electron chi connectivity index (χ1n) is 8.53. The van der Waals surface area contributed by atoms with Crippen LogP contribution in [0.15, 0.2) is 33.9 Å². The van der Waals surface area contributed by atoms with Crippen molar-refractivity contribution in [2.45, 2.75) is 13.3 Å². The lowest BCUT2D eigenvalue weighted by Gasteiger charge is -2.36. The average molecular weight is 372 g/mol. The molecule has 0 unspecified atom stereocenters. The van der Waals surface area contributed by atoms with Gasteiger partial charge in [-0.15, -0.1) is 0 Å². The van der Waals surface area contributed by atoms with Crippen LogP contribution in [-0.2, 0) is 11.2 Å². The molecule has 1 fully saturated rings. The van der Waals surface area contributed by atoms with Gasteiger partial charge in [-0.25, -0.2) is 9.59 Å². The number of carboxylic acid groups (broad SMARTS) is 1. The molecule has 0 saturated carbocycles. The first-order chi connectivity index (χ1) is 12.8. The molecule has 9 nitrogen and oxygen atoms in total. The van der Waals surface area contributed by atoms with Gasteiger partial charge in [0, 0.05) is 43.1 Å². The summed E-state index contributed by atoms with van der Waals surface area (Å²) in [5.41, 5.74) is 0.674. The molecule has 0 aliphatic carbocycles. The summed E-state index contributed by atoms with van der Waals surface area (Å²) < 4.78 is 0. The van der Waals surface area contributed by atoms with Crippen molar-refractivity contribution >= 4 is 17.6 Å². The molecule has 0 bridgehead atoms. The van der Waals surface area contributed by atoms with E-state index in [4.69, 9.17) is 5.11 Å². The maximum atomic E-state index is 12.5. The Hall–Kier alpha value is -3.36. The van der Waals surface area contributed by atoms with E-state index >= 15 is 0 Å². The molecule has 142 valence electrons. The number of aromatic amines is 2. The first kappa shape index (κ1) is 18.4. The maximum absolute atomic E-state index is 12.5. The molecule has 1 amide bonds. The summed E-state index contributed by atoms with van der Waals surface area (Å²) in [5.74, 6) is -1.14. The number of carbonyl (C=O) groups is 2. The van der Waals surface area contributed by atoms with Crippen LogP contribution in [0.1, 0.15) is 21.6 Å². The topological polar surface area (TPSA) is 127 Å². The molecule has 1 aliphatic rings. The van der Waals surface area contributed by atoms with Gasteiger partial charge in [0.15, 0.2) is 0 Å². The standard InChI is InChI=1S/C18H20N4O5/c1-11-14(16(24)20-18(27)19-11)10-15(23)22-8-6-21(7-9-22)13-4-2-12(3-5-13)17(25)26/h2-5H,6-10H2,1H3,(H,25,26)(H2,19,20,24,27). The minimum Gasteiger partial charge on any atom is -0.478 e. The van der Waals surface area contributed by atoms with Gasteiger partial charge >= 0.3 is 11.7 Å². The van der Waals surface area contributed by atoms with Crippen molar-refractivity contribution in [2.24, 2.45) is 0 Å². The SMILES string of the molecule is Cc1[nH]c(=O)[nH]c(=O)c1CC(=O)N1CCN(c2ccc(C(=O)O)cc2)CC1. The quantitative estimate of drug-likeness (QED) is 0.691. The molecule has 3 rings (SSSR count). The number of piperazine rings is 1. The number of hydrogen-bond donors (Lipinski definition) is 3. The summed E-state index contributed by atoms with van der Waals surface area (Å²) in [5, 5.41) is 8.96. The number of H-pyrrole nitrogens is 2. The van der Waals surface area contributed by atoms with Crippen LogP contribution in [-0.4, -0.2) is 58.0 Å². The number of amides is 1. The highest BCUT2D eigenvalue weighted by Crippen LogP contribution is 2.18. The predicted octanol–water partition coefficient (Wildman–Crippen LogP) is -0.0389. The van der Waals surface area contributed by atoms with E-state index in [2.05, 4.69) is 14.9 Å². The second-order valence-corrected chi connectivity index (χ2v) is 6.41. The number of carbonyl (C=O) groups excluding carboxylic acids is 1. The van der Waals surface area contributed by atoms with Gasteiger partial charge in [-0.05, 0) is 31.2 Å². The Morgan fingerprint density at radius 3 is 2.22 bits per heavy atom. The number of carboxylic acids is 1. The average Bonchev–Trinajstić information content (AvgIpc) is 2.64. The summed E-state index contributed by atoms with van der Waals surface area (Å²) in [6, 6.07) is 6.62. The summed E-state index contributed by atoms with van der Waals surface area (Å²) in [6.07, 6.45) is -0.0642. The van der Waals surface area contributed by atoms with Crippen LogP contribution in [0, 0.1) is 6.92 Å². The minimum absolute atomic E-state index is 0.0642. The number of nitrogens with zero attached hydrogens (tertiary/aromatic N) is 2. The lowest BCUT2D eigenvalue weighted by Crippen LogP contribution is -2.49. The lowest BCUT2D eigenvalue weighted by atomic mass is 10.1. The molecule has 0 atom stereocenters. The van der Waals surface area contributed by atoms with Gasteiger partial charge < -0.3 is 19.9 Å². The number of rotatable bonds is 4. The Balaban J connectivity index is 1.62. The highest BCUT2D eigenvalue weighted by Gasteiger charge is 2.23. The first-order valence-corrected chi connectivity index (χ1v) is 8.53. The number of aryl methyl sites for hydroxylation is 1. The second-order valence-electron chi connectivity index (χ2n) is 6.41. The fraction of sp³-hybridized carbons (Fsp3) is 0.333. The van der Waals surface area contributed by atoms with Crippen LogP contribution in [0.3, 0.4) is 0 Å². The van der Waals surface area contributed by atoms with E-state index in [1.165, 1.54) is 0 Å². The van der Waals surface area contributed by atoms with Gasteiger partial charge in [0.05, 0.1) is 12.0 Å². The van der Waals surface area contributed by atoms with E-state index < -0.39 is 17.2 Å². The molecule has 2 heterocycles. The van der Waals surface area contributed by atoms with Gasteiger partial charge in [0.2, 0.25) is 5.91 Å². The van der Waals surface area contributed by atoms with Crippen molar-refractivity contribution < 1.29 is 14.7 Å². The molecule has 27 heavy (non-hydrogen) atoms. The number of nitrogens with one attached hydrogen (secondary N) is 2. The van der Waals surface area contributed by atoms with Gasteiger partial charge in [-0.1, -0.05) is 0 Å². The zero-order chi connectivity index (χ0) is 19.6. The predicted molar refractivity (Wildman–Crippen MR) is 98.3 cm³/mol. The summed E-state index contributed by atoms with van der Waals surface area (Å²) in [6.45, 7) is 3.82. The number of benzene rings is 1. The Kier molecular flexibility index (Phi) is 5.11. The smallest absolute Gasteiger partial charge is 0.335 e. The zero-order valence-corrected chi connectivity index (χ0v) is 14.8. The van der Waals surface area contributed by atoms with Crippen LogP contribution in [0.25, 0.3) is 0 Å². The van der Waals surface area contributed by atoms with Gasteiger partial charge in [-0.3, -0.25) is 14.6 Å². The molecule has 0 spiro atoms. The Labute approximate surface area is 154 Å². The normalized spacial score (nSPS) is 14.3. The van der Waals surface area contributed by atoms with Crippen molar-refractivity contribution in [3.8, 4) is 0 Å². The van der Waals surface area contributed by atoms with Crippen LogP contribution in [0.4, 0.5) is 5.69 Å². The van der Waals surface area contributed by atoms with Crippen LogP contribution >= 0.6 is 0 Å². The Bertz CT molecular complexity index is 968. The van der Waals surface area contributed by atoms with Crippen LogP contribution < -0.4 is 16.1 Å². The summed E-state index contributed by atoms with van der Waals surface area (Å²) >= 11 is 0. The molecule has 3 N–H and O–H groups in total. The van der Waals surface area contributed by atoms with Crippen molar-refractivity contribution in [1.82, 2.24) is 14.9 Å². The van der Waals surface area contributed by atoms with E-state index in [-0.39, 0.29) is 23.5 Å². The molecular formula is C18H20N4O5. The van der Waals surface area contributed by atoms with Gasteiger partial charge in [0.25, 0.3) is 5.56 Å². The third-order valence-corrected chi connectivity index (χ3v) is 4.69. The summed E-state index contributed by atoms with van der Waals surface area (Å²) in [7, 11) is 0. The summed E-state index contributed by atoms with van der Waals surface area (Å²) in [4.78, 5) is 55.0. The largest absolute Gasteiger partial charge is 0.478 e. The van der Waals surface area contributed by atoms with Gasteiger partial charge in [-0.2, -0.15) is 0 Å². The molecule has 0 radical (unpaired) electrons. The lowest BCUT2D eigenvalue weighted by molar-refractivity contribution is -0.130. The van der Waals surface area contributed by atoms with Crippen molar-refractivity contribution in [1.29, 1.82) is 0 Å². The highest BCUT2D eigenvalue weighted by molar-refractivity contribution is 5.88. The third kappa shape index (κ3) is 4.08. The number of hydrogen-bond acceptors (Lipinski definition) is 5. The monoisotopic (exact) mass is 372 g/mol. The number of anilines is 1. The molecule has 1 aromatic heterocycles. The second kappa shape index (κ2) is 7.48. The highest BCUT2D eigenvalue weighted by atomic mass is 16.4. The van der Waals surface area contributed by atoms with Crippen LogP contribution in [0.5, 0.6) is 0 Å². The molecule has 1 saturated heterocycles. The molecule has 2 aromatic rings. The molecule has 1 aromatic carbocycles. The van der Waals surface area contributed by atoms with E-state index in [0.717, 1.165) is 5.69 Å². The van der Waals surface area contributed by atoms with E-state index in [1.807, 2.05) is 0 Å². The number of aromatic nitrogens is 2. The molecular weight excluding hydrogens is 352 g/mol. The van der Waals surface area contributed by atoms with E-state index in [0.29, 0.717) is 31.9 Å². The fourth-order valence-electron chi connectivity index (χ4n) is 3.13.